The van der Waals surface area contributed by atoms with E-state index in [0.717, 1.165) is 24.3 Å². The summed E-state index contributed by atoms with van der Waals surface area (Å²) in [7, 11) is 0. The van der Waals surface area contributed by atoms with Gasteiger partial charge in [0.25, 0.3) is 0 Å². The Balaban J connectivity index is 0.00000200. The summed E-state index contributed by atoms with van der Waals surface area (Å²) in [6, 6.07) is 7.61. The highest BCUT2D eigenvalue weighted by atomic mass is 35.5. The number of anilines is 1. The zero-order valence-electron chi connectivity index (χ0n) is 11.6. The number of amides is 1. The van der Waals surface area contributed by atoms with Gasteiger partial charge in [0, 0.05) is 18.2 Å². The highest BCUT2D eigenvalue weighted by molar-refractivity contribution is 5.90. The van der Waals surface area contributed by atoms with Crippen molar-refractivity contribution in [3.63, 3.8) is 0 Å². The van der Waals surface area contributed by atoms with Gasteiger partial charge in [0.1, 0.15) is 5.75 Å². The zero-order valence-corrected chi connectivity index (χ0v) is 12.5. The van der Waals surface area contributed by atoms with Crippen molar-refractivity contribution >= 4 is 24.0 Å². The van der Waals surface area contributed by atoms with Crippen LogP contribution in [0.25, 0.3) is 0 Å². The third-order valence-electron chi connectivity index (χ3n) is 3.33. The number of hydrogen-bond acceptors (Lipinski definition) is 3. The molecule has 5 heteroatoms. The standard InChI is InChI=1S/C15H22N2O2.ClH/c16-10-4-9-15(18)17-12-5-3-8-14(11-12)19-13-6-1-2-7-13;/h3,5,8,11,13H,1-2,4,6-7,9-10,16H2,(H,17,18);1H. The van der Waals surface area contributed by atoms with Gasteiger partial charge in [-0.25, -0.2) is 0 Å². The van der Waals surface area contributed by atoms with E-state index in [2.05, 4.69) is 5.32 Å². The van der Waals surface area contributed by atoms with Gasteiger partial charge in [-0.05, 0) is 50.8 Å². The van der Waals surface area contributed by atoms with Crippen molar-refractivity contribution in [2.45, 2.75) is 44.6 Å². The van der Waals surface area contributed by atoms with Crippen LogP contribution in [-0.4, -0.2) is 18.6 Å². The Morgan fingerprint density at radius 2 is 2.10 bits per heavy atom. The summed E-state index contributed by atoms with van der Waals surface area (Å²) in [6.07, 6.45) is 6.28. The minimum atomic E-state index is 0. The fourth-order valence-electron chi connectivity index (χ4n) is 2.33. The van der Waals surface area contributed by atoms with Crippen LogP contribution in [0.5, 0.6) is 5.75 Å². The molecule has 0 bridgehead atoms. The number of ether oxygens (including phenoxy) is 1. The number of nitrogens with one attached hydrogen (secondary N) is 1. The number of benzene rings is 1. The number of rotatable bonds is 6. The molecule has 2 rings (SSSR count). The van der Waals surface area contributed by atoms with E-state index in [0.29, 0.717) is 25.5 Å². The lowest BCUT2D eigenvalue weighted by Crippen LogP contribution is -2.14. The minimum absolute atomic E-state index is 0. The quantitative estimate of drug-likeness (QED) is 0.848. The second-order valence-corrected chi connectivity index (χ2v) is 4.99. The summed E-state index contributed by atoms with van der Waals surface area (Å²) in [5.74, 6) is 0.840. The number of halogens is 1. The molecule has 0 aromatic heterocycles. The molecule has 1 aliphatic carbocycles. The Morgan fingerprint density at radius 1 is 1.35 bits per heavy atom. The zero-order chi connectivity index (χ0) is 13.5. The summed E-state index contributed by atoms with van der Waals surface area (Å²) < 4.78 is 5.91. The van der Waals surface area contributed by atoms with Crippen LogP contribution >= 0.6 is 12.4 Å². The molecule has 1 aromatic rings. The molecule has 0 atom stereocenters. The van der Waals surface area contributed by atoms with Crippen molar-refractivity contribution in [2.75, 3.05) is 11.9 Å². The van der Waals surface area contributed by atoms with Crippen molar-refractivity contribution in [3.05, 3.63) is 24.3 Å². The van der Waals surface area contributed by atoms with Gasteiger partial charge in [-0.1, -0.05) is 6.07 Å². The molecule has 1 aliphatic rings. The third-order valence-corrected chi connectivity index (χ3v) is 3.33. The maximum atomic E-state index is 11.6. The molecular formula is C15H23ClN2O2. The largest absolute Gasteiger partial charge is 0.490 e. The average molecular weight is 299 g/mol. The summed E-state index contributed by atoms with van der Waals surface area (Å²) in [4.78, 5) is 11.6. The monoisotopic (exact) mass is 298 g/mol. The maximum Gasteiger partial charge on any atom is 0.224 e. The molecule has 0 unspecified atom stereocenters. The summed E-state index contributed by atoms with van der Waals surface area (Å²) in [5, 5.41) is 2.87. The molecule has 4 nitrogen and oxygen atoms in total. The van der Waals surface area contributed by atoms with Gasteiger partial charge in [0.05, 0.1) is 6.10 Å². The smallest absolute Gasteiger partial charge is 0.224 e. The lowest BCUT2D eigenvalue weighted by Gasteiger charge is -2.14. The first-order valence-electron chi connectivity index (χ1n) is 7.04. The maximum absolute atomic E-state index is 11.6. The highest BCUT2D eigenvalue weighted by Crippen LogP contribution is 2.25. The van der Waals surface area contributed by atoms with E-state index in [1.54, 1.807) is 0 Å². The van der Waals surface area contributed by atoms with E-state index >= 15 is 0 Å². The van der Waals surface area contributed by atoms with Gasteiger partial charge in [-0.2, -0.15) is 0 Å². The molecule has 3 N–H and O–H groups in total. The summed E-state index contributed by atoms with van der Waals surface area (Å²) >= 11 is 0. The van der Waals surface area contributed by atoms with Gasteiger partial charge in [-0.15, -0.1) is 12.4 Å². The fraction of sp³-hybridized carbons (Fsp3) is 0.533. The average Bonchev–Trinajstić information content (AvgIpc) is 2.89. The second-order valence-electron chi connectivity index (χ2n) is 4.99. The molecule has 0 heterocycles. The number of carbonyl (C=O) groups excluding carboxylic acids is 1. The first-order chi connectivity index (χ1) is 9.28. The van der Waals surface area contributed by atoms with E-state index < -0.39 is 0 Å². The van der Waals surface area contributed by atoms with Gasteiger partial charge < -0.3 is 15.8 Å². The van der Waals surface area contributed by atoms with E-state index in [1.165, 1.54) is 12.8 Å². The van der Waals surface area contributed by atoms with Crippen molar-refractivity contribution in [1.82, 2.24) is 0 Å². The SMILES string of the molecule is Cl.NCCCC(=O)Nc1cccc(OC2CCCC2)c1. The van der Waals surface area contributed by atoms with Crippen LogP contribution < -0.4 is 15.8 Å². The number of carbonyl (C=O) groups is 1. The molecule has 0 saturated heterocycles. The first kappa shape index (κ1) is 16.8. The van der Waals surface area contributed by atoms with Gasteiger partial charge in [-0.3, -0.25) is 4.79 Å². The molecule has 1 fully saturated rings. The molecule has 1 aromatic carbocycles. The summed E-state index contributed by atoms with van der Waals surface area (Å²) in [6.45, 7) is 0.540. The predicted molar refractivity (Wildman–Crippen MR) is 83.5 cm³/mol. The van der Waals surface area contributed by atoms with Gasteiger partial charge >= 0.3 is 0 Å². The first-order valence-corrected chi connectivity index (χ1v) is 7.04. The molecular weight excluding hydrogens is 276 g/mol. The van der Waals surface area contributed by atoms with Crippen LogP contribution in [0.2, 0.25) is 0 Å². The predicted octanol–water partition coefficient (Wildman–Crippen LogP) is 3.11. The van der Waals surface area contributed by atoms with Crippen LogP contribution in [0, 0.1) is 0 Å². The lowest BCUT2D eigenvalue weighted by atomic mass is 10.2. The van der Waals surface area contributed by atoms with E-state index in [1.807, 2.05) is 24.3 Å². The Hall–Kier alpha value is -1.26. The van der Waals surface area contributed by atoms with Gasteiger partial charge in [0.15, 0.2) is 0 Å². The van der Waals surface area contributed by atoms with Crippen molar-refractivity contribution in [1.29, 1.82) is 0 Å². The Morgan fingerprint density at radius 3 is 2.80 bits per heavy atom. The van der Waals surface area contributed by atoms with E-state index in [9.17, 15) is 4.79 Å². The van der Waals surface area contributed by atoms with Crippen molar-refractivity contribution in [2.24, 2.45) is 5.73 Å². The van der Waals surface area contributed by atoms with E-state index in [-0.39, 0.29) is 18.3 Å². The second kappa shape index (κ2) is 8.82. The molecule has 20 heavy (non-hydrogen) atoms. The molecule has 0 spiro atoms. The van der Waals surface area contributed by atoms with Crippen LogP contribution in [0.3, 0.4) is 0 Å². The van der Waals surface area contributed by atoms with Gasteiger partial charge in [0.2, 0.25) is 5.91 Å². The fourth-order valence-corrected chi connectivity index (χ4v) is 2.33. The minimum Gasteiger partial charge on any atom is -0.490 e. The highest BCUT2D eigenvalue weighted by Gasteiger charge is 2.16. The van der Waals surface area contributed by atoms with Crippen LogP contribution in [0.1, 0.15) is 38.5 Å². The van der Waals surface area contributed by atoms with Crippen molar-refractivity contribution < 1.29 is 9.53 Å². The topological polar surface area (TPSA) is 64.4 Å². The van der Waals surface area contributed by atoms with Crippen LogP contribution in [0.15, 0.2) is 24.3 Å². The van der Waals surface area contributed by atoms with Crippen LogP contribution in [-0.2, 0) is 4.79 Å². The van der Waals surface area contributed by atoms with E-state index in [4.69, 9.17) is 10.5 Å². The van der Waals surface area contributed by atoms with Crippen molar-refractivity contribution in [3.8, 4) is 5.75 Å². The Bertz CT molecular complexity index is 420. The Labute approximate surface area is 126 Å². The molecule has 0 aliphatic heterocycles. The number of nitrogens with two attached hydrogens (primary N) is 1. The molecule has 112 valence electrons. The normalized spacial score (nSPS) is 14.7. The molecule has 0 radical (unpaired) electrons. The molecule has 1 amide bonds. The van der Waals surface area contributed by atoms with Crippen LogP contribution in [0.4, 0.5) is 5.69 Å². The third kappa shape index (κ3) is 5.39. The molecule has 1 saturated carbocycles. The lowest BCUT2D eigenvalue weighted by molar-refractivity contribution is -0.116. The Kier molecular flexibility index (Phi) is 7.41. The summed E-state index contributed by atoms with van der Waals surface area (Å²) in [5.41, 5.74) is 6.18. The number of hydrogen-bond donors (Lipinski definition) is 2.